The van der Waals surface area contributed by atoms with Crippen molar-refractivity contribution < 1.29 is 39.6 Å². The van der Waals surface area contributed by atoms with Crippen LogP contribution < -0.4 is 4.74 Å². The monoisotopic (exact) mass is 526 g/mol. The molecule has 0 bridgehead atoms. The summed E-state index contributed by atoms with van der Waals surface area (Å²) < 4.78 is 94.3. The zero-order valence-electron chi connectivity index (χ0n) is 18.2. The Kier molecular flexibility index (Phi) is 7.20. The Labute approximate surface area is 193 Å². The number of hydrogen-bond donors (Lipinski definition) is 0. The minimum atomic E-state index is -4.86. The molecule has 0 N–H and O–H groups in total. The Morgan fingerprint density at radius 1 is 1.18 bits per heavy atom. The van der Waals surface area contributed by atoms with E-state index in [1.165, 1.54) is 33.3 Å². The molecule has 2 aromatic rings. The summed E-state index contributed by atoms with van der Waals surface area (Å²) in [5.41, 5.74) is 0.378. The molecule has 1 saturated carbocycles. The summed E-state index contributed by atoms with van der Waals surface area (Å²) in [6.07, 6.45) is -3.02. The Hall–Kier alpha value is -2.76. The van der Waals surface area contributed by atoms with E-state index < -0.39 is 43.5 Å². The van der Waals surface area contributed by atoms with E-state index in [0.717, 1.165) is 27.1 Å². The van der Waals surface area contributed by atoms with Crippen molar-refractivity contribution in [1.29, 1.82) is 0 Å². The highest BCUT2D eigenvalue weighted by atomic mass is 32.2. The summed E-state index contributed by atoms with van der Waals surface area (Å²) >= 11 is 0. The summed E-state index contributed by atoms with van der Waals surface area (Å²) in [5, 5.41) is 6.73. The van der Waals surface area contributed by atoms with Crippen LogP contribution in [0.1, 0.15) is 18.4 Å². The maximum atomic E-state index is 13.2. The molecule has 3 rings (SSSR count). The molecule has 12 nitrogen and oxygen atoms in total. The van der Waals surface area contributed by atoms with E-state index in [1.807, 2.05) is 0 Å². The van der Waals surface area contributed by atoms with Crippen LogP contribution in [0.2, 0.25) is 0 Å². The van der Waals surface area contributed by atoms with E-state index in [9.17, 15) is 30.0 Å². The Balaban J connectivity index is 1.90. The van der Waals surface area contributed by atoms with E-state index in [2.05, 4.69) is 20.0 Å². The fraction of sp³-hybridized carbons (Fsp3) is 0.471. The second-order valence-electron chi connectivity index (χ2n) is 7.26. The third-order valence-electron chi connectivity index (χ3n) is 4.57. The predicted molar refractivity (Wildman–Crippen MR) is 112 cm³/mol. The fourth-order valence-corrected chi connectivity index (χ4v) is 5.00. The number of aromatic nitrogens is 3. The lowest BCUT2D eigenvalue weighted by molar-refractivity contribution is -0.274. The lowest BCUT2D eigenvalue weighted by atomic mass is 10.1. The zero-order valence-corrected chi connectivity index (χ0v) is 19.8. The first-order chi connectivity index (χ1) is 15.8. The molecule has 188 valence electrons. The quantitative estimate of drug-likeness (QED) is 0.331. The summed E-state index contributed by atoms with van der Waals surface area (Å²) in [4.78, 5) is 8.46. The van der Waals surface area contributed by atoms with Crippen molar-refractivity contribution in [1.82, 2.24) is 22.8 Å². The molecule has 1 aliphatic rings. The van der Waals surface area contributed by atoms with E-state index >= 15 is 0 Å². The van der Waals surface area contributed by atoms with Gasteiger partial charge in [0, 0.05) is 25.7 Å². The van der Waals surface area contributed by atoms with Gasteiger partial charge in [0.2, 0.25) is 0 Å². The SMILES string of the molecule is CO/N=C(\CN(C1CC1)S(=O)(=O)c1ncn(S(=O)(=O)N(C)C)n1)c1ccc(OC(F)(F)F)cc1. The second-order valence-corrected chi connectivity index (χ2v) is 11.0. The number of ether oxygens (including phenoxy) is 1. The van der Waals surface area contributed by atoms with Gasteiger partial charge >= 0.3 is 16.6 Å². The number of hydrogen-bond acceptors (Lipinski definition) is 9. The van der Waals surface area contributed by atoms with Gasteiger partial charge in [0.15, 0.2) is 0 Å². The fourth-order valence-electron chi connectivity index (χ4n) is 2.79. The molecule has 1 fully saturated rings. The molecule has 0 spiro atoms. The Bertz CT molecular complexity index is 1260. The first-order valence-electron chi connectivity index (χ1n) is 9.58. The van der Waals surface area contributed by atoms with Crippen molar-refractivity contribution in [3.63, 3.8) is 0 Å². The molecule has 1 aliphatic carbocycles. The number of alkyl halides is 3. The lowest BCUT2D eigenvalue weighted by Gasteiger charge is -2.21. The molecule has 0 radical (unpaired) electrons. The maximum absolute atomic E-state index is 13.2. The molecule has 1 aromatic heterocycles. The average molecular weight is 527 g/mol. The van der Waals surface area contributed by atoms with Crippen LogP contribution in [0, 0.1) is 0 Å². The molecule has 0 atom stereocenters. The molecule has 0 amide bonds. The lowest BCUT2D eigenvalue weighted by Crippen LogP contribution is -2.38. The molecular formula is C17H21F3N6O6S2. The van der Waals surface area contributed by atoms with E-state index in [0.29, 0.717) is 16.9 Å². The molecule has 0 unspecified atom stereocenters. The highest BCUT2D eigenvalue weighted by Gasteiger charge is 2.41. The van der Waals surface area contributed by atoms with Gasteiger partial charge in [0.25, 0.3) is 15.2 Å². The third kappa shape index (κ3) is 5.83. The van der Waals surface area contributed by atoms with Crippen molar-refractivity contribution >= 4 is 25.9 Å². The zero-order chi connectivity index (χ0) is 25.3. The molecular weight excluding hydrogens is 505 g/mol. The molecule has 17 heteroatoms. The Morgan fingerprint density at radius 2 is 1.79 bits per heavy atom. The molecule has 34 heavy (non-hydrogen) atoms. The maximum Gasteiger partial charge on any atom is 0.573 e. The van der Waals surface area contributed by atoms with Gasteiger partial charge in [-0.3, -0.25) is 0 Å². The van der Waals surface area contributed by atoms with Crippen LogP contribution in [-0.4, -0.2) is 85.5 Å². The van der Waals surface area contributed by atoms with Crippen molar-refractivity contribution in [2.75, 3.05) is 27.7 Å². The van der Waals surface area contributed by atoms with Crippen LogP contribution >= 0.6 is 0 Å². The van der Waals surface area contributed by atoms with Gasteiger partial charge in [-0.05, 0) is 37.1 Å². The van der Waals surface area contributed by atoms with Gasteiger partial charge in [-0.1, -0.05) is 5.16 Å². The smallest absolute Gasteiger partial charge is 0.406 e. The number of halogens is 3. The summed E-state index contributed by atoms with van der Waals surface area (Å²) in [6.45, 7) is -0.324. The van der Waals surface area contributed by atoms with Gasteiger partial charge in [0.05, 0.1) is 6.54 Å². The topological polar surface area (TPSA) is 136 Å². The van der Waals surface area contributed by atoms with Crippen LogP contribution in [0.25, 0.3) is 0 Å². The van der Waals surface area contributed by atoms with Gasteiger partial charge in [-0.2, -0.15) is 17.0 Å². The first kappa shape index (κ1) is 25.9. The molecule has 1 aromatic carbocycles. The number of nitrogens with zero attached hydrogens (tertiary/aromatic N) is 6. The highest BCUT2D eigenvalue weighted by Crippen LogP contribution is 2.32. The molecule has 0 aliphatic heterocycles. The van der Waals surface area contributed by atoms with Crippen molar-refractivity contribution in [2.24, 2.45) is 5.16 Å². The molecule has 0 saturated heterocycles. The number of sulfonamides is 1. The summed E-state index contributed by atoms with van der Waals surface area (Å²) in [5.74, 6) is -0.462. The van der Waals surface area contributed by atoms with Crippen molar-refractivity contribution in [3.05, 3.63) is 36.2 Å². The second kappa shape index (κ2) is 9.47. The molecule has 1 heterocycles. The third-order valence-corrected chi connectivity index (χ3v) is 7.84. The minimum absolute atomic E-state index is 0.0943. The minimum Gasteiger partial charge on any atom is -0.406 e. The van der Waals surface area contributed by atoms with Crippen LogP contribution in [-0.2, 0) is 25.1 Å². The van der Waals surface area contributed by atoms with Crippen LogP contribution in [0.4, 0.5) is 13.2 Å². The van der Waals surface area contributed by atoms with Crippen LogP contribution in [0.15, 0.2) is 40.9 Å². The standard InChI is InChI=1S/C17H21F3N6O6S2/c1-24(2)34(29,30)26-11-21-16(22-26)33(27,28)25(13-6-7-13)10-15(23-31-3)12-4-8-14(9-5-12)32-17(18,19)20/h4-5,8-9,11,13H,6-7,10H2,1-3H3/b23-15+. The highest BCUT2D eigenvalue weighted by molar-refractivity contribution is 7.89. The number of rotatable bonds is 10. The van der Waals surface area contributed by atoms with Crippen molar-refractivity contribution in [2.45, 2.75) is 30.4 Å². The largest absolute Gasteiger partial charge is 0.573 e. The van der Waals surface area contributed by atoms with Crippen LogP contribution in [0.5, 0.6) is 5.75 Å². The van der Waals surface area contributed by atoms with Crippen LogP contribution in [0.3, 0.4) is 0 Å². The van der Waals surface area contributed by atoms with Gasteiger partial charge in [0.1, 0.15) is 24.9 Å². The predicted octanol–water partition coefficient (Wildman–Crippen LogP) is 1.03. The van der Waals surface area contributed by atoms with E-state index in [4.69, 9.17) is 4.84 Å². The normalized spacial score (nSPS) is 15.7. The van der Waals surface area contributed by atoms with E-state index in [1.54, 1.807) is 0 Å². The van der Waals surface area contributed by atoms with Gasteiger partial charge < -0.3 is 9.57 Å². The summed E-state index contributed by atoms with van der Waals surface area (Å²) in [7, 11) is -4.71. The average Bonchev–Trinajstić information content (AvgIpc) is 3.43. The van der Waals surface area contributed by atoms with E-state index in [-0.39, 0.29) is 17.8 Å². The van der Waals surface area contributed by atoms with Gasteiger partial charge in [-0.25, -0.2) is 13.4 Å². The van der Waals surface area contributed by atoms with Gasteiger partial charge in [-0.15, -0.1) is 22.4 Å². The first-order valence-corrected chi connectivity index (χ1v) is 12.4. The Morgan fingerprint density at radius 3 is 2.29 bits per heavy atom. The number of oxime groups is 1. The van der Waals surface area contributed by atoms with Crippen molar-refractivity contribution in [3.8, 4) is 5.75 Å². The summed E-state index contributed by atoms with van der Waals surface area (Å²) in [6, 6.07) is 4.23. The number of benzene rings is 1.